The molecule has 0 bridgehead atoms. The van der Waals surface area contributed by atoms with Crippen LogP contribution in [-0.2, 0) is 19.2 Å². The molecule has 1 saturated heterocycles. The number of Topliss-reactive ketones (excluding diaryl/α,β-unsaturated/α-hetero) is 1. The van der Waals surface area contributed by atoms with Crippen LogP contribution < -0.4 is 21.7 Å². The van der Waals surface area contributed by atoms with E-state index >= 15 is 0 Å². The minimum absolute atomic E-state index is 0.0616. The van der Waals surface area contributed by atoms with Crippen LogP contribution in [0.5, 0.6) is 0 Å². The van der Waals surface area contributed by atoms with Crippen LogP contribution in [0.4, 0.5) is 4.79 Å². The topological polar surface area (TPSA) is 183 Å². The van der Waals surface area contributed by atoms with Crippen LogP contribution >= 0.6 is 0 Å². The number of rotatable bonds is 13. The van der Waals surface area contributed by atoms with Crippen molar-refractivity contribution in [2.24, 2.45) is 45.9 Å². The molecule has 4 fully saturated rings. The average Bonchev–Trinajstić information content (AvgIpc) is 3.93. The second-order valence-electron chi connectivity index (χ2n) is 15.2. The number of hydrogen-bond acceptors (Lipinski definition) is 7. The van der Waals surface area contributed by atoms with Crippen LogP contribution in [0.2, 0.25) is 0 Å². The van der Waals surface area contributed by atoms with Crippen LogP contribution in [0.3, 0.4) is 0 Å². The molecule has 4 rings (SSSR count). The summed E-state index contributed by atoms with van der Waals surface area (Å²) in [4.78, 5) is 67.7. The maximum atomic E-state index is 14.3. The largest absolute Gasteiger partial charge is 0.411 e. The van der Waals surface area contributed by atoms with Gasteiger partial charge in [0.05, 0.1) is 17.8 Å². The first-order chi connectivity index (χ1) is 21.2. The molecular weight excluding hydrogens is 576 g/mol. The SMILES string of the molecule is CC(C)[C@H]1CCN(C(=O)[C@@H](NC(=O)N[C@H](/C(=N/O)C2CC2)C2CCCCC2)C(C)(C)C)C1C(=O)NC(CC1CC1)C(=O)C(N)=O. The molecule has 5 atom stereocenters. The Morgan fingerprint density at radius 3 is 2.07 bits per heavy atom. The van der Waals surface area contributed by atoms with Crippen LogP contribution in [0.1, 0.15) is 105 Å². The Balaban J connectivity index is 1.53. The Kier molecular flexibility index (Phi) is 11.2. The van der Waals surface area contributed by atoms with E-state index in [1.165, 1.54) is 4.90 Å². The van der Waals surface area contributed by atoms with Crippen molar-refractivity contribution in [3.8, 4) is 0 Å². The number of nitrogens with one attached hydrogen (secondary N) is 3. The predicted molar refractivity (Wildman–Crippen MR) is 169 cm³/mol. The Labute approximate surface area is 267 Å². The van der Waals surface area contributed by atoms with E-state index in [-0.39, 0.29) is 35.5 Å². The fourth-order valence-corrected chi connectivity index (χ4v) is 7.25. The lowest BCUT2D eigenvalue weighted by Gasteiger charge is -2.38. The molecule has 0 aromatic carbocycles. The van der Waals surface area contributed by atoms with Crippen LogP contribution in [0, 0.1) is 35.0 Å². The molecule has 3 saturated carbocycles. The Morgan fingerprint density at radius 2 is 1.56 bits per heavy atom. The minimum atomic E-state index is -1.09. The van der Waals surface area contributed by atoms with Crippen molar-refractivity contribution in [3.63, 3.8) is 0 Å². The van der Waals surface area contributed by atoms with Gasteiger partial charge in [0.25, 0.3) is 5.91 Å². The van der Waals surface area contributed by atoms with Crippen molar-refractivity contribution in [1.82, 2.24) is 20.9 Å². The van der Waals surface area contributed by atoms with Crippen molar-refractivity contribution in [1.29, 1.82) is 0 Å². The van der Waals surface area contributed by atoms with E-state index in [1.54, 1.807) is 0 Å². The number of nitrogens with two attached hydrogens (primary N) is 1. The van der Waals surface area contributed by atoms with Gasteiger partial charge in [-0.3, -0.25) is 19.2 Å². The van der Waals surface area contributed by atoms with Gasteiger partial charge in [-0.2, -0.15) is 0 Å². The van der Waals surface area contributed by atoms with Gasteiger partial charge >= 0.3 is 6.03 Å². The van der Waals surface area contributed by atoms with Gasteiger partial charge in [0.1, 0.15) is 12.1 Å². The summed E-state index contributed by atoms with van der Waals surface area (Å²) in [5, 5.41) is 22.3. The Bertz CT molecular complexity index is 1150. The summed E-state index contributed by atoms with van der Waals surface area (Å²) >= 11 is 0. The summed E-state index contributed by atoms with van der Waals surface area (Å²) in [5.74, 6) is -2.33. The van der Waals surface area contributed by atoms with E-state index in [4.69, 9.17) is 5.73 Å². The van der Waals surface area contributed by atoms with Crippen molar-refractivity contribution >= 4 is 35.2 Å². The van der Waals surface area contributed by atoms with Crippen LogP contribution in [0.15, 0.2) is 5.16 Å². The van der Waals surface area contributed by atoms with E-state index in [0.29, 0.717) is 25.1 Å². The molecule has 0 aromatic rings. The molecule has 4 aliphatic rings. The van der Waals surface area contributed by atoms with Gasteiger partial charge in [0.15, 0.2) is 0 Å². The lowest BCUT2D eigenvalue weighted by Crippen LogP contribution is -2.62. The molecule has 12 heteroatoms. The number of primary amides is 1. The third kappa shape index (κ3) is 8.76. The molecule has 3 aliphatic carbocycles. The quantitative estimate of drug-likeness (QED) is 0.0901. The zero-order valence-electron chi connectivity index (χ0n) is 27.6. The molecule has 45 heavy (non-hydrogen) atoms. The monoisotopic (exact) mass is 630 g/mol. The van der Waals surface area contributed by atoms with Gasteiger partial charge in [0.2, 0.25) is 17.6 Å². The van der Waals surface area contributed by atoms with Crippen LogP contribution in [-0.4, -0.2) is 76.1 Å². The van der Waals surface area contributed by atoms with Gasteiger partial charge in [-0.05, 0) is 67.6 Å². The molecule has 1 aliphatic heterocycles. The third-order valence-electron chi connectivity index (χ3n) is 10.2. The van der Waals surface area contributed by atoms with E-state index in [0.717, 1.165) is 57.8 Å². The van der Waals surface area contributed by atoms with Gasteiger partial charge in [-0.1, -0.05) is 71.9 Å². The molecule has 2 unspecified atom stereocenters. The second-order valence-corrected chi connectivity index (χ2v) is 15.2. The molecular formula is C33H54N6O6. The first-order valence-electron chi connectivity index (χ1n) is 17.0. The molecule has 1 heterocycles. The Hall–Kier alpha value is -3.18. The summed E-state index contributed by atoms with van der Waals surface area (Å²) in [7, 11) is 0. The van der Waals surface area contributed by atoms with E-state index < -0.39 is 53.2 Å². The number of carbonyl (C=O) groups excluding carboxylic acids is 5. The van der Waals surface area contributed by atoms with E-state index in [2.05, 4.69) is 21.1 Å². The van der Waals surface area contributed by atoms with Gasteiger partial charge < -0.3 is 31.8 Å². The zero-order valence-corrected chi connectivity index (χ0v) is 27.6. The highest BCUT2D eigenvalue weighted by Crippen LogP contribution is 2.37. The first-order valence-corrected chi connectivity index (χ1v) is 17.0. The third-order valence-corrected chi connectivity index (χ3v) is 10.2. The lowest BCUT2D eigenvalue weighted by molar-refractivity contribution is -0.144. The van der Waals surface area contributed by atoms with Crippen molar-refractivity contribution < 1.29 is 29.2 Å². The molecule has 0 aromatic heterocycles. The number of amides is 5. The summed E-state index contributed by atoms with van der Waals surface area (Å²) < 4.78 is 0. The first kappa shape index (κ1) is 34.7. The fourth-order valence-electron chi connectivity index (χ4n) is 7.25. The lowest BCUT2D eigenvalue weighted by atomic mass is 9.81. The number of hydrogen-bond donors (Lipinski definition) is 5. The minimum Gasteiger partial charge on any atom is -0.411 e. The summed E-state index contributed by atoms with van der Waals surface area (Å²) in [6.45, 7) is 9.90. The average molecular weight is 631 g/mol. The predicted octanol–water partition coefficient (Wildman–Crippen LogP) is 3.10. The van der Waals surface area contributed by atoms with E-state index in [9.17, 15) is 29.2 Å². The molecule has 0 spiro atoms. The Morgan fingerprint density at radius 1 is 0.911 bits per heavy atom. The smallest absolute Gasteiger partial charge is 0.315 e. The molecule has 6 N–H and O–H groups in total. The molecule has 5 amide bonds. The number of nitrogens with zero attached hydrogens (tertiary/aromatic N) is 2. The number of oxime groups is 1. The molecule has 252 valence electrons. The normalized spacial score (nSPS) is 24.9. The maximum Gasteiger partial charge on any atom is 0.315 e. The standard InChI is InChI=1S/C33H54N6O6/c1-18(2)22-15-16-39(26(22)30(42)35-23(17-19-11-12-19)27(40)29(34)41)31(43)28(33(3,4)5)37-32(44)36-24(20-9-7-6-8-10-20)25(38-45)21-13-14-21/h18-24,26,28,45H,6-17H2,1-5H3,(H2,34,41)(H,35,42)(H2,36,37,44)/b38-25+/t22-,23?,24+,26?,28-/m1/s1. The summed E-state index contributed by atoms with van der Waals surface area (Å²) in [6, 6.07) is -3.79. The van der Waals surface area contributed by atoms with Gasteiger partial charge in [0, 0.05) is 12.5 Å². The van der Waals surface area contributed by atoms with Gasteiger partial charge in [-0.15, -0.1) is 0 Å². The highest BCUT2D eigenvalue weighted by atomic mass is 16.4. The zero-order chi connectivity index (χ0) is 33.1. The highest BCUT2D eigenvalue weighted by Gasteiger charge is 2.48. The number of likely N-dealkylation sites (tertiary alicyclic amines) is 1. The number of ketones is 1. The fraction of sp³-hybridized carbons (Fsp3) is 0.818. The van der Waals surface area contributed by atoms with Crippen molar-refractivity contribution in [3.05, 3.63) is 0 Å². The second kappa shape index (κ2) is 14.5. The molecule has 0 radical (unpaired) electrons. The summed E-state index contributed by atoms with van der Waals surface area (Å²) in [5.41, 5.74) is 5.21. The maximum absolute atomic E-state index is 14.3. The van der Waals surface area contributed by atoms with Gasteiger partial charge in [-0.25, -0.2) is 4.79 Å². The van der Waals surface area contributed by atoms with E-state index in [1.807, 2.05) is 34.6 Å². The highest BCUT2D eigenvalue weighted by molar-refractivity contribution is 6.37. The number of urea groups is 1. The van der Waals surface area contributed by atoms with Crippen LogP contribution in [0.25, 0.3) is 0 Å². The van der Waals surface area contributed by atoms with Crippen molar-refractivity contribution in [2.75, 3.05) is 6.54 Å². The van der Waals surface area contributed by atoms with Crippen molar-refractivity contribution in [2.45, 2.75) is 129 Å². The molecule has 12 nitrogen and oxygen atoms in total. The number of carbonyl (C=O) groups is 5. The summed E-state index contributed by atoms with van der Waals surface area (Å²) in [6.07, 6.45) is 9.75.